The molecule has 0 aromatic heterocycles. The number of aryl methyl sites for hydroxylation is 1. The minimum absolute atomic E-state index is 0.163. The van der Waals surface area contributed by atoms with E-state index >= 15 is 0 Å². The fourth-order valence-corrected chi connectivity index (χ4v) is 4.52. The largest absolute Gasteiger partial charge is 0.465 e. The lowest BCUT2D eigenvalue weighted by Gasteiger charge is -2.33. The SMILES string of the molecule is CCOC(=O)C(Br)c1cccc(C)c1C1CCC(OC2(C)CC2)CC1. The van der Waals surface area contributed by atoms with Crippen LogP contribution in [0, 0.1) is 6.92 Å². The Morgan fingerprint density at radius 2 is 1.96 bits per heavy atom. The average molecular weight is 409 g/mol. The van der Waals surface area contributed by atoms with Crippen molar-refractivity contribution >= 4 is 21.9 Å². The van der Waals surface area contributed by atoms with Crippen LogP contribution in [0.2, 0.25) is 0 Å². The average Bonchev–Trinajstić information content (AvgIpc) is 3.32. The van der Waals surface area contributed by atoms with E-state index in [1.54, 1.807) is 0 Å². The smallest absolute Gasteiger partial charge is 0.324 e. The summed E-state index contributed by atoms with van der Waals surface area (Å²) in [5.41, 5.74) is 3.83. The number of hydrogen-bond acceptors (Lipinski definition) is 3. The predicted octanol–water partition coefficient (Wildman–Crippen LogP) is 5.59. The fourth-order valence-electron chi connectivity index (χ4n) is 3.99. The Balaban J connectivity index is 1.72. The van der Waals surface area contributed by atoms with Gasteiger partial charge in [-0.05, 0) is 81.9 Å². The topological polar surface area (TPSA) is 35.5 Å². The van der Waals surface area contributed by atoms with Crippen LogP contribution in [0.15, 0.2) is 18.2 Å². The molecule has 1 unspecified atom stereocenters. The van der Waals surface area contributed by atoms with E-state index in [0.717, 1.165) is 31.2 Å². The van der Waals surface area contributed by atoms with Crippen LogP contribution >= 0.6 is 15.9 Å². The molecule has 4 heteroatoms. The lowest BCUT2D eigenvalue weighted by Crippen LogP contribution is -2.26. The third-order valence-electron chi connectivity index (χ3n) is 5.61. The summed E-state index contributed by atoms with van der Waals surface area (Å²) in [6.07, 6.45) is 7.30. The van der Waals surface area contributed by atoms with Crippen LogP contribution in [0.1, 0.15) is 79.8 Å². The lowest BCUT2D eigenvalue weighted by molar-refractivity contribution is -0.142. The van der Waals surface area contributed by atoms with E-state index in [-0.39, 0.29) is 16.4 Å². The van der Waals surface area contributed by atoms with E-state index < -0.39 is 0 Å². The Morgan fingerprint density at radius 3 is 2.56 bits per heavy atom. The van der Waals surface area contributed by atoms with Gasteiger partial charge in [0, 0.05) is 0 Å². The summed E-state index contributed by atoms with van der Waals surface area (Å²) in [6.45, 7) is 6.63. The Kier molecular flexibility index (Phi) is 5.89. The predicted molar refractivity (Wildman–Crippen MR) is 103 cm³/mol. The third kappa shape index (κ3) is 4.46. The molecule has 0 radical (unpaired) electrons. The molecule has 2 saturated carbocycles. The number of rotatable bonds is 6. The zero-order valence-electron chi connectivity index (χ0n) is 15.5. The van der Waals surface area contributed by atoms with Gasteiger partial charge in [0.05, 0.1) is 18.3 Å². The Labute approximate surface area is 159 Å². The summed E-state index contributed by atoms with van der Waals surface area (Å²) in [7, 11) is 0. The van der Waals surface area contributed by atoms with Gasteiger partial charge < -0.3 is 9.47 Å². The number of esters is 1. The Hall–Kier alpha value is -0.870. The highest BCUT2D eigenvalue weighted by Crippen LogP contribution is 2.45. The normalized spacial score (nSPS) is 26.1. The van der Waals surface area contributed by atoms with Crippen molar-refractivity contribution in [3.05, 3.63) is 34.9 Å². The molecule has 0 amide bonds. The van der Waals surface area contributed by atoms with Crippen LogP contribution < -0.4 is 0 Å². The molecule has 1 aromatic rings. The zero-order chi connectivity index (χ0) is 18.0. The molecule has 0 bridgehead atoms. The van der Waals surface area contributed by atoms with Gasteiger partial charge in [0.25, 0.3) is 0 Å². The Bertz CT molecular complexity index is 616. The van der Waals surface area contributed by atoms with Gasteiger partial charge in [-0.2, -0.15) is 0 Å². The van der Waals surface area contributed by atoms with E-state index in [1.807, 2.05) is 13.0 Å². The molecule has 0 N–H and O–H groups in total. The van der Waals surface area contributed by atoms with Gasteiger partial charge in [-0.1, -0.05) is 34.1 Å². The second-order valence-corrected chi connectivity index (χ2v) is 8.65. The quantitative estimate of drug-likeness (QED) is 0.454. The standard InChI is InChI=1S/C21H29BrO3/c1-4-24-20(23)19(22)17-7-5-6-14(2)18(17)15-8-10-16(11-9-15)25-21(3)12-13-21/h5-7,15-16,19H,4,8-13H2,1-3H3. The van der Waals surface area contributed by atoms with Crippen LogP contribution in [-0.4, -0.2) is 24.3 Å². The first-order valence-corrected chi connectivity index (χ1v) is 10.4. The van der Waals surface area contributed by atoms with Crippen molar-refractivity contribution in [1.82, 2.24) is 0 Å². The molecule has 25 heavy (non-hydrogen) atoms. The number of alkyl halides is 1. The maximum atomic E-state index is 12.2. The van der Waals surface area contributed by atoms with Crippen LogP contribution in [0.25, 0.3) is 0 Å². The van der Waals surface area contributed by atoms with Crippen LogP contribution in [0.4, 0.5) is 0 Å². The molecule has 138 valence electrons. The first-order chi connectivity index (χ1) is 11.9. The van der Waals surface area contributed by atoms with Crippen molar-refractivity contribution in [3.63, 3.8) is 0 Å². The lowest BCUT2D eigenvalue weighted by atomic mass is 9.78. The van der Waals surface area contributed by atoms with E-state index in [2.05, 4.69) is 41.9 Å². The molecule has 2 aliphatic carbocycles. The number of benzene rings is 1. The maximum absolute atomic E-state index is 12.2. The van der Waals surface area contributed by atoms with Gasteiger partial charge >= 0.3 is 5.97 Å². The highest BCUT2D eigenvalue weighted by Gasteiger charge is 2.41. The van der Waals surface area contributed by atoms with E-state index in [1.165, 1.54) is 24.0 Å². The molecule has 0 saturated heterocycles. The molecule has 1 aromatic carbocycles. The molecule has 3 nitrogen and oxygen atoms in total. The summed E-state index contributed by atoms with van der Waals surface area (Å²) in [4.78, 5) is 11.8. The van der Waals surface area contributed by atoms with E-state index in [9.17, 15) is 4.79 Å². The Morgan fingerprint density at radius 1 is 1.28 bits per heavy atom. The molecule has 3 rings (SSSR count). The monoisotopic (exact) mass is 408 g/mol. The highest BCUT2D eigenvalue weighted by molar-refractivity contribution is 9.09. The van der Waals surface area contributed by atoms with Crippen molar-refractivity contribution in [2.24, 2.45) is 0 Å². The van der Waals surface area contributed by atoms with Gasteiger partial charge in [-0.25, -0.2) is 0 Å². The number of hydrogen-bond donors (Lipinski definition) is 0. The second kappa shape index (κ2) is 7.79. The molecule has 2 fully saturated rings. The van der Waals surface area contributed by atoms with Gasteiger partial charge in [-0.15, -0.1) is 0 Å². The molecule has 0 spiro atoms. The molecule has 0 heterocycles. The fraction of sp³-hybridized carbons (Fsp3) is 0.667. The van der Waals surface area contributed by atoms with Crippen molar-refractivity contribution in [2.75, 3.05) is 6.61 Å². The molecule has 2 aliphatic rings. The molecular formula is C21H29BrO3. The molecule has 0 aliphatic heterocycles. The second-order valence-electron chi connectivity index (χ2n) is 7.73. The van der Waals surface area contributed by atoms with Crippen molar-refractivity contribution in [2.45, 2.75) is 81.7 Å². The van der Waals surface area contributed by atoms with Crippen molar-refractivity contribution < 1.29 is 14.3 Å². The molecular weight excluding hydrogens is 380 g/mol. The highest BCUT2D eigenvalue weighted by atomic mass is 79.9. The van der Waals surface area contributed by atoms with Gasteiger partial charge in [-0.3, -0.25) is 4.79 Å². The summed E-state index contributed by atoms with van der Waals surface area (Å²) in [6, 6.07) is 6.24. The van der Waals surface area contributed by atoms with Gasteiger partial charge in [0.1, 0.15) is 4.83 Å². The summed E-state index contributed by atoms with van der Waals surface area (Å²) < 4.78 is 11.5. The molecule has 1 atom stereocenters. The van der Waals surface area contributed by atoms with Crippen LogP contribution in [-0.2, 0) is 14.3 Å². The van der Waals surface area contributed by atoms with E-state index in [0.29, 0.717) is 18.6 Å². The first kappa shape index (κ1) is 18.9. The van der Waals surface area contributed by atoms with Gasteiger partial charge in [0.15, 0.2) is 0 Å². The number of carbonyl (C=O) groups is 1. The minimum atomic E-state index is -0.387. The third-order valence-corrected chi connectivity index (χ3v) is 6.48. The minimum Gasteiger partial charge on any atom is -0.465 e. The number of carbonyl (C=O) groups excluding carboxylic acids is 1. The zero-order valence-corrected chi connectivity index (χ0v) is 17.1. The van der Waals surface area contributed by atoms with Gasteiger partial charge in [0.2, 0.25) is 0 Å². The summed E-state index contributed by atoms with van der Waals surface area (Å²) >= 11 is 3.56. The maximum Gasteiger partial charge on any atom is 0.324 e. The van der Waals surface area contributed by atoms with Crippen molar-refractivity contribution in [1.29, 1.82) is 0 Å². The van der Waals surface area contributed by atoms with Crippen LogP contribution in [0.3, 0.4) is 0 Å². The van der Waals surface area contributed by atoms with Crippen LogP contribution in [0.5, 0.6) is 0 Å². The summed E-state index contributed by atoms with van der Waals surface area (Å²) in [5.74, 6) is 0.297. The van der Waals surface area contributed by atoms with E-state index in [4.69, 9.17) is 9.47 Å². The number of halogens is 1. The number of ether oxygens (including phenoxy) is 2. The summed E-state index contributed by atoms with van der Waals surface area (Å²) in [5, 5.41) is 0. The van der Waals surface area contributed by atoms with Crippen molar-refractivity contribution in [3.8, 4) is 0 Å². The first-order valence-electron chi connectivity index (χ1n) is 9.51.